The first-order chi connectivity index (χ1) is 12.1. The van der Waals surface area contributed by atoms with E-state index in [9.17, 15) is 4.79 Å². The summed E-state index contributed by atoms with van der Waals surface area (Å²) in [6.07, 6.45) is 6.00. The van der Waals surface area contributed by atoms with Gasteiger partial charge < -0.3 is 9.64 Å². The molecule has 1 atom stereocenters. The smallest absolute Gasteiger partial charge is 0.254 e. The Balaban J connectivity index is 1.94. The summed E-state index contributed by atoms with van der Waals surface area (Å²) in [4.78, 5) is 15.3. The van der Waals surface area contributed by atoms with Crippen LogP contribution in [-0.2, 0) is 0 Å². The number of carbonyl (C=O) groups excluding carboxylic acids is 1. The van der Waals surface area contributed by atoms with Gasteiger partial charge in [-0.1, -0.05) is 26.7 Å². The molecule has 2 heterocycles. The zero-order valence-corrected chi connectivity index (χ0v) is 15.1. The van der Waals surface area contributed by atoms with E-state index in [1.807, 2.05) is 11.0 Å². The quantitative estimate of drug-likeness (QED) is 0.853. The maximum Gasteiger partial charge on any atom is 0.254 e. The maximum absolute atomic E-state index is 13.2. The molecule has 0 radical (unpaired) electrons. The first kappa shape index (κ1) is 17.4. The van der Waals surface area contributed by atoms with Gasteiger partial charge >= 0.3 is 0 Å². The Kier molecular flexibility index (Phi) is 5.31. The van der Waals surface area contributed by atoms with Crippen molar-refractivity contribution in [3.8, 4) is 11.4 Å². The second-order valence-electron chi connectivity index (χ2n) is 6.80. The van der Waals surface area contributed by atoms with Crippen molar-refractivity contribution < 1.29 is 9.53 Å². The molecule has 134 valence electrons. The van der Waals surface area contributed by atoms with Gasteiger partial charge in [0.15, 0.2) is 0 Å². The maximum atomic E-state index is 13.2. The summed E-state index contributed by atoms with van der Waals surface area (Å²) in [5.41, 5.74) is 1.30. The number of rotatable bonds is 4. The van der Waals surface area contributed by atoms with Crippen LogP contribution in [0.3, 0.4) is 0 Å². The summed E-state index contributed by atoms with van der Waals surface area (Å²) < 4.78 is 6.90. The van der Waals surface area contributed by atoms with Crippen molar-refractivity contribution in [2.75, 3.05) is 13.7 Å². The molecule has 1 amide bonds. The van der Waals surface area contributed by atoms with Crippen LogP contribution in [0.4, 0.5) is 0 Å². The summed E-state index contributed by atoms with van der Waals surface area (Å²) in [5, 5.41) is 11.3. The van der Waals surface area contributed by atoms with E-state index in [0.29, 0.717) is 22.9 Å². The van der Waals surface area contributed by atoms with Crippen molar-refractivity contribution >= 4 is 5.91 Å². The van der Waals surface area contributed by atoms with Crippen molar-refractivity contribution in [2.45, 2.75) is 45.6 Å². The molecule has 25 heavy (non-hydrogen) atoms. The lowest BCUT2D eigenvalue weighted by Crippen LogP contribution is -2.42. The number of tetrazole rings is 1. The number of benzene rings is 1. The van der Waals surface area contributed by atoms with Gasteiger partial charge in [-0.25, -0.2) is 0 Å². The van der Waals surface area contributed by atoms with Crippen molar-refractivity contribution in [2.24, 2.45) is 5.92 Å². The van der Waals surface area contributed by atoms with Crippen LogP contribution >= 0.6 is 0 Å². The monoisotopic (exact) mass is 343 g/mol. The number of hydrogen-bond acceptors (Lipinski definition) is 5. The van der Waals surface area contributed by atoms with Crippen molar-refractivity contribution in [1.82, 2.24) is 25.1 Å². The van der Waals surface area contributed by atoms with Gasteiger partial charge in [-0.05, 0) is 47.4 Å². The van der Waals surface area contributed by atoms with E-state index < -0.39 is 0 Å². The average molecular weight is 343 g/mol. The van der Waals surface area contributed by atoms with Crippen LogP contribution in [0, 0.1) is 5.92 Å². The molecule has 0 unspecified atom stereocenters. The molecule has 7 heteroatoms. The van der Waals surface area contributed by atoms with Gasteiger partial charge in [-0.3, -0.25) is 4.79 Å². The molecular formula is C18H25N5O2. The second-order valence-corrected chi connectivity index (χ2v) is 6.80. The molecule has 1 aromatic heterocycles. The molecule has 1 aliphatic rings. The SMILES string of the molecule is COc1ccc(C(=O)N2CCCCC[C@@H]2C(C)C)cc1-n1cnnn1. The van der Waals surface area contributed by atoms with Crippen molar-refractivity contribution in [3.05, 3.63) is 30.1 Å². The van der Waals surface area contributed by atoms with Gasteiger partial charge in [0.05, 0.1) is 7.11 Å². The summed E-state index contributed by atoms with van der Waals surface area (Å²) in [6.45, 7) is 5.20. The number of carbonyl (C=O) groups is 1. The van der Waals surface area contributed by atoms with Crippen LogP contribution in [0.1, 0.15) is 49.9 Å². The van der Waals surface area contributed by atoms with E-state index >= 15 is 0 Å². The Hall–Kier alpha value is -2.44. The molecule has 0 N–H and O–H groups in total. The highest BCUT2D eigenvalue weighted by atomic mass is 16.5. The molecule has 0 saturated carbocycles. The fourth-order valence-electron chi connectivity index (χ4n) is 3.52. The number of ether oxygens (including phenoxy) is 1. The average Bonchev–Trinajstić information content (AvgIpc) is 3.04. The fraction of sp³-hybridized carbons (Fsp3) is 0.556. The summed E-state index contributed by atoms with van der Waals surface area (Å²) in [6, 6.07) is 5.71. The predicted octanol–water partition coefficient (Wildman–Crippen LogP) is 2.71. The van der Waals surface area contributed by atoms with Crippen molar-refractivity contribution in [1.29, 1.82) is 0 Å². The predicted molar refractivity (Wildman–Crippen MR) is 93.8 cm³/mol. The third-order valence-corrected chi connectivity index (χ3v) is 4.85. The highest BCUT2D eigenvalue weighted by molar-refractivity contribution is 5.95. The Morgan fingerprint density at radius 3 is 2.80 bits per heavy atom. The van der Waals surface area contributed by atoms with E-state index in [0.717, 1.165) is 19.4 Å². The standard InChI is InChI=1S/C18H25N5O2/c1-13(2)15-7-5-4-6-10-22(15)18(24)14-8-9-17(25-3)16(11-14)23-12-19-20-21-23/h8-9,11-13,15H,4-7,10H2,1-3H3/t15-/m1/s1. The molecule has 0 aliphatic carbocycles. The second kappa shape index (κ2) is 7.63. The number of aromatic nitrogens is 4. The van der Waals surface area contributed by atoms with Gasteiger partial charge in [0, 0.05) is 18.2 Å². The Morgan fingerprint density at radius 2 is 2.12 bits per heavy atom. The normalized spacial score (nSPS) is 18.2. The third kappa shape index (κ3) is 3.65. The van der Waals surface area contributed by atoms with Gasteiger partial charge in [0.2, 0.25) is 0 Å². The molecule has 0 bridgehead atoms. The topological polar surface area (TPSA) is 73.1 Å². The lowest BCUT2D eigenvalue weighted by molar-refractivity contribution is 0.0632. The molecule has 2 aromatic rings. The minimum atomic E-state index is 0.0672. The lowest BCUT2D eigenvalue weighted by atomic mass is 9.97. The molecule has 1 aliphatic heterocycles. The Morgan fingerprint density at radius 1 is 1.28 bits per heavy atom. The summed E-state index contributed by atoms with van der Waals surface area (Å²) in [5.74, 6) is 1.14. The first-order valence-corrected chi connectivity index (χ1v) is 8.84. The molecule has 1 aromatic carbocycles. The highest BCUT2D eigenvalue weighted by Crippen LogP contribution is 2.27. The zero-order chi connectivity index (χ0) is 17.8. The Bertz CT molecular complexity index is 714. The molecule has 1 fully saturated rings. The van der Waals surface area contributed by atoms with Crippen LogP contribution < -0.4 is 4.74 Å². The Labute approximate surface area is 148 Å². The number of likely N-dealkylation sites (tertiary alicyclic amines) is 1. The van der Waals surface area contributed by atoms with Crippen LogP contribution in [0.15, 0.2) is 24.5 Å². The van der Waals surface area contributed by atoms with Crippen LogP contribution in [0.25, 0.3) is 5.69 Å². The van der Waals surface area contributed by atoms with Gasteiger partial charge in [-0.2, -0.15) is 4.68 Å². The lowest BCUT2D eigenvalue weighted by Gasteiger charge is -2.33. The fourth-order valence-corrected chi connectivity index (χ4v) is 3.52. The van der Waals surface area contributed by atoms with Gasteiger partial charge in [-0.15, -0.1) is 5.10 Å². The van der Waals surface area contributed by atoms with Gasteiger partial charge in [0.1, 0.15) is 17.8 Å². The van der Waals surface area contributed by atoms with Crippen LogP contribution in [0.2, 0.25) is 0 Å². The molecule has 7 nitrogen and oxygen atoms in total. The van der Waals surface area contributed by atoms with Crippen molar-refractivity contribution in [3.63, 3.8) is 0 Å². The first-order valence-electron chi connectivity index (χ1n) is 8.84. The number of nitrogens with zero attached hydrogens (tertiary/aromatic N) is 5. The van der Waals surface area contributed by atoms with Crippen LogP contribution in [-0.4, -0.2) is 50.7 Å². The van der Waals surface area contributed by atoms with E-state index in [-0.39, 0.29) is 11.9 Å². The zero-order valence-electron chi connectivity index (χ0n) is 15.1. The molecule has 3 rings (SSSR count). The third-order valence-electron chi connectivity index (χ3n) is 4.85. The number of hydrogen-bond donors (Lipinski definition) is 0. The van der Waals surface area contributed by atoms with E-state index in [2.05, 4.69) is 29.4 Å². The largest absolute Gasteiger partial charge is 0.494 e. The van der Waals surface area contributed by atoms with Gasteiger partial charge in [0.25, 0.3) is 5.91 Å². The molecular weight excluding hydrogens is 318 g/mol. The summed E-state index contributed by atoms with van der Waals surface area (Å²) in [7, 11) is 1.59. The highest BCUT2D eigenvalue weighted by Gasteiger charge is 2.28. The van der Waals surface area contributed by atoms with Crippen LogP contribution in [0.5, 0.6) is 5.75 Å². The minimum absolute atomic E-state index is 0.0672. The van der Waals surface area contributed by atoms with E-state index in [1.165, 1.54) is 23.9 Å². The number of amides is 1. The summed E-state index contributed by atoms with van der Waals surface area (Å²) >= 11 is 0. The molecule has 1 saturated heterocycles. The minimum Gasteiger partial charge on any atom is -0.494 e. The molecule has 0 spiro atoms. The van der Waals surface area contributed by atoms with E-state index in [1.54, 1.807) is 19.2 Å². The van der Waals surface area contributed by atoms with E-state index in [4.69, 9.17) is 4.74 Å². The number of methoxy groups -OCH3 is 1.